The Labute approximate surface area is 219 Å². The van der Waals surface area contributed by atoms with Gasteiger partial charge in [0.25, 0.3) is 0 Å². The number of anilines is 1. The molecule has 0 atom stereocenters. The quantitative estimate of drug-likeness (QED) is 0.285. The number of nitrogens with one attached hydrogen (secondary N) is 1. The number of thioether (sulfide) groups is 1. The van der Waals surface area contributed by atoms with Crippen molar-refractivity contribution in [2.75, 3.05) is 24.5 Å². The van der Waals surface area contributed by atoms with E-state index in [0.29, 0.717) is 0 Å². The molecule has 1 fully saturated rings. The van der Waals surface area contributed by atoms with Crippen molar-refractivity contribution in [3.8, 4) is 0 Å². The van der Waals surface area contributed by atoms with E-state index in [-0.39, 0.29) is 5.91 Å². The number of aromatic nitrogens is 1. The third-order valence-corrected chi connectivity index (χ3v) is 8.53. The lowest BCUT2D eigenvalue weighted by molar-refractivity contribution is -0.116. The predicted molar refractivity (Wildman–Crippen MR) is 150 cm³/mol. The minimum Gasteiger partial charge on any atom is -0.371 e. The summed E-state index contributed by atoms with van der Waals surface area (Å²) >= 11 is 1.99. The van der Waals surface area contributed by atoms with Crippen LogP contribution in [-0.4, -0.2) is 30.5 Å². The van der Waals surface area contributed by atoms with Crippen molar-refractivity contribution in [1.82, 2.24) is 10.3 Å². The van der Waals surface area contributed by atoms with E-state index in [2.05, 4.69) is 57.7 Å². The summed E-state index contributed by atoms with van der Waals surface area (Å²) in [7, 11) is 0. The second-order valence-electron chi connectivity index (χ2n) is 9.82. The first-order valence-corrected chi connectivity index (χ1v) is 14.2. The van der Waals surface area contributed by atoms with Gasteiger partial charge < -0.3 is 10.2 Å². The van der Waals surface area contributed by atoms with E-state index in [0.717, 1.165) is 49.7 Å². The molecular formula is C31H35N3OS. The standard InChI is InChI=1S/C31H35N3OS/c35-31(14-13-25-8-6-17-32-22-25)33-18-4-3-7-24-15-19-34(20-16-24)29-11-5-12-30-28(29)21-26-9-1-2-10-27(26)23-36-30/h1-2,5-6,8-14,17,22,24H,3-4,7,15-16,18-21,23H2,(H,33,35)/b14-13-. The van der Waals surface area contributed by atoms with E-state index < -0.39 is 0 Å². The van der Waals surface area contributed by atoms with Gasteiger partial charge in [0.1, 0.15) is 0 Å². The number of pyridine rings is 1. The Balaban J connectivity index is 1.05. The first-order chi connectivity index (χ1) is 17.8. The minimum absolute atomic E-state index is 0.0325. The summed E-state index contributed by atoms with van der Waals surface area (Å²) in [6, 6.07) is 19.6. The van der Waals surface area contributed by atoms with E-state index in [1.807, 2.05) is 23.9 Å². The Kier molecular flexibility index (Phi) is 8.39. The largest absolute Gasteiger partial charge is 0.371 e. The fourth-order valence-electron chi connectivity index (χ4n) is 5.32. The molecule has 0 aliphatic carbocycles. The number of benzene rings is 2. The number of hydrogen-bond donors (Lipinski definition) is 1. The van der Waals surface area contributed by atoms with Crippen LogP contribution in [0.4, 0.5) is 5.69 Å². The first kappa shape index (κ1) is 24.6. The van der Waals surface area contributed by atoms with Gasteiger partial charge >= 0.3 is 0 Å². The third-order valence-electron chi connectivity index (χ3n) is 7.38. The van der Waals surface area contributed by atoms with Crippen LogP contribution in [-0.2, 0) is 17.0 Å². The number of fused-ring (bicyclic) bond motifs is 2. The minimum atomic E-state index is -0.0325. The maximum Gasteiger partial charge on any atom is 0.243 e. The lowest BCUT2D eigenvalue weighted by Gasteiger charge is -2.35. The van der Waals surface area contributed by atoms with Crippen molar-refractivity contribution in [3.63, 3.8) is 0 Å². The van der Waals surface area contributed by atoms with Gasteiger partial charge in [0.2, 0.25) is 5.91 Å². The summed E-state index contributed by atoms with van der Waals surface area (Å²) in [4.78, 5) is 20.1. The average molecular weight is 498 g/mol. The monoisotopic (exact) mass is 497 g/mol. The van der Waals surface area contributed by atoms with Crippen molar-refractivity contribution in [3.05, 3.63) is 95.3 Å². The molecule has 0 unspecified atom stereocenters. The molecule has 0 bridgehead atoms. The normalized spacial score (nSPS) is 15.8. The number of carbonyl (C=O) groups excluding carboxylic acids is 1. The number of carbonyl (C=O) groups is 1. The molecule has 5 rings (SSSR count). The van der Waals surface area contributed by atoms with Gasteiger partial charge in [0, 0.05) is 60.9 Å². The molecule has 0 saturated carbocycles. The van der Waals surface area contributed by atoms with Gasteiger partial charge in [-0.05, 0) is 71.7 Å². The summed E-state index contributed by atoms with van der Waals surface area (Å²) < 4.78 is 0. The van der Waals surface area contributed by atoms with Gasteiger partial charge in [-0.25, -0.2) is 0 Å². The van der Waals surface area contributed by atoms with E-state index in [9.17, 15) is 4.79 Å². The molecule has 2 aliphatic rings. The van der Waals surface area contributed by atoms with Crippen LogP contribution >= 0.6 is 11.8 Å². The van der Waals surface area contributed by atoms with Gasteiger partial charge in [-0.3, -0.25) is 9.78 Å². The maximum absolute atomic E-state index is 12.0. The zero-order valence-electron chi connectivity index (χ0n) is 20.9. The molecule has 3 aromatic rings. The van der Waals surface area contributed by atoms with E-state index in [4.69, 9.17) is 0 Å². The van der Waals surface area contributed by atoms with Crippen LogP contribution < -0.4 is 10.2 Å². The van der Waals surface area contributed by atoms with Crippen molar-refractivity contribution in [1.29, 1.82) is 0 Å². The first-order valence-electron chi connectivity index (χ1n) is 13.2. The lowest BCUT2D eigenvalue weighted by atomic mass is 9.90. The smallest absolute Gasteiger partial charge is 0.243 e. The number of hydrogen-bond acceptors (Lipinski definition) is 4. The number of rotatable bonds is 8. The Bertz CT molecular complexity index is 1190. The number of amides is 1. The molecule has 0 radical (unpaired) electrons. The molecular weight excluding hydrogens is 462 g/mol. The van der Waals surface area contributed by atoms with Crippen LogP contribution in [0.15, 0.2) is 78.0 Å². The van der Waals surface area contributed by atoms with E-state index in [1.165, 1.54) is 53.0 Å². The summed E-state index contributed by atoms with van der Waals surface area (Å²) in [6.45, 7) is 3.02. The van der Waals surface area contributed by atoms with E-state index >= 15 is 0 Å². The van der Waals surface area contributed by atoms with Crippen molar-refractivity contribution in [2.24, 2.45) is 5.92 Å². The molecule has 2 aliphatic heterocycles. The van der Waals surface area contributed by atoms with Gasteiger partial charge in [0.15, 0.2) is 0 Å². The Hall–Kier alpha value is -3.05. The van der Waals surface area contributed by atoms with E-state index in [1.54, 1.807) is 24.5 Å². The van der Waals surface area contributed by atoms with Crippen LogP contribution in [0.3, 0.4) is 0 Å². The molecule has 0 spiro atoms. The van der Waals surface area contributed by atoms with Crippen LogP contribution in [0.25, 0.3) is 6.08 Å². The Morgan fingerprint density at radius 2 is 1.89 bits per heavy atom. The van der Waals surface area contributed by atoms with Crippen LogP contribution in [0.2, 0.25) is 0 Å². The fraction of sp³-hybridized carbons (Fsp3) is 0.355. The highest BCUT2D eigenvalue weighted by molar-refractivity contribution is 7.98. The number of nitrogens with zero attached hydrogens (tertiary/aromatic N) is 2. The van der Waals surface area contributed by atoms with Gasteiger partial charge in [0.05, 0.1) is 0 Å². The van der Waals surface area contributed by atoms with Crippen LogP contribution in [0.5, 0.6) is 0 Å². The van der Waals surface area contributed by atoms with Crippen molar-refractivity contribution >= 4 is 29.4 Å². The lowest BCUT2D eigenvalue weighted by Crippen LogP contribution is -2.34. The van der Waals surface area contributed by atoms with Crippen molar-refractivity contribution in [2.45, 2.75) is 49.2 Å². The highest BCUT2D eigenvalue weighted by atomic mass is 32.2. The zero-order chi connectivity index (χ0) is 24.6. The second-order valence-corrected chi connectivity index (χ2v) is 10.8. The predicted octanol–water partition coefficient (Wildman–Crippen LogP) is 6.49. The third kappa shape index (κ3) is 6.38. The molecule has 1 N–H and O–H groups in total. The zero-order valence-corrected chi connectivity index (χ0v) is 21.7. The van der Waals surface area contributed by atoms with Crippen LogP contribution in [0, 0.1) is 5.92 Å². The summed E-state index contributed by atoms with van der Waals surface area (Å²) in [6.07, 6.45) is 13.9. The number of unbranched alkanes of at least 4 members (excludes halogenated alkanes) is 1. The maximum atomic E-state index is 12.0. The Morgan fingerprint density at radius 1 is 1.03 bits per heavy atom. The van der Waals surface area contributed by atoms with Crippen LogP contribution in [0.1, 0.15) is 54.4 Å². The SMILES string of the molecule is O=C(/C=C\c1cccnc1)NCCCCC1CCN(c2cccc3c2Cc2ccccc2CS3)CC1. The summed E-state index contributed by atoms with van der Waals surface area (Å²) in [5.41, 5.74) is 6.85. The molecule has 36 heavy (non-hydrogen) atoms. The highest BCUT2D eigenvalue weighted by Gasteiger charge is 2.23. The van der Waals surface area contributed by atoms with Crippen molar-refractivity contribution < 1.29 is 4.79 Å². The highest BCUT2D eigenvalue weighted by Crippen LogP contribution is 2.39. The molecule has 1 amide bonds. The molecule has 2 aromatic carbocycles. The van der Waals surface area contributed by atoms with Gasteiger partial charge in [-0.1, -0.05) is 49.2 Å². The average Bonchev–Trinajstić information content (AvgIpc) is 3.12. The molecule has 5 heteroatoms. The molecule has 1 saturated heterocycles. The number of piperidine rings is 1. The van der Waals surface area contributed by atoms with Gasteiger partial charge in [-0.2, -0.15) is 0 Å². The molecule has 4 nitrogen and oxygen atoms in total. The summed E-state index contributed by atoms with van der Waals surface area (Å²) in [5.74, 6) is 1.82. The topological polar surface area (TPSA) is 45.2 Å². The molecule has 3 heterocycles. The molecule has 186 valence electrons. The Morgan fingerprint density at radius 3 is 2.72 bits per heavy atom. The fourth-order valence-corrected chi connectivity index (χ4v) is 6.44. The second kappa shape index (κ2) is 12.3. The summed E-state index contributed by atoms with van der Waals surface area (Å²) in [5, 5.41) is 3.00. The molecule has 1 aromatic heterocycles. The van der Waals surface area contributed by atoms with Gasteiger partial charge in [-0.15, -0.1) is 11.8 Å².